The SMILES string of the molecule is CCN(CC)S(=O)(=O)c1ccc(Br)c(C(=O)Nc2cc(C)ccc2F)c1. The highest BCUT2D eigenvalue weighted by Gasteiger charge is 2.24. The van der Waals surface area contributed by atoms with Crippen LogP contribution in [0, 0.1) is 12.7 Å². The zero-order chi connectivity index (χ0) is 19.5. The van der Waals surface area contributed by atoms with E-state index in [0.717, 1.165) is 5.56 Å². The minimum absolute atomic E-state index is 0.0132. The van der Waals surface area contributed by atoms with Crippen molar-refractivity contribution in [1.29, 1.82) is 0 Å². The topological polar surface area (TPSA) is 66.5 Å². The molecule has 0 bridgehead atoms. The highest BCUT2D eigenvalue weighted by atomic mass is 79.9. The predicted octanol–water partition coefficient (Wildman–Crippen LogP) is 4.18. The van der Waals surface area contributed by atoms with Gasteiger partial charge in [0.1, 0.15) is 5.82 Å². The summed E-state index contributed by atoms with van der Waals surface area (Å²) in [6, 6.07) is 8.59. The molecule has 26 heavy (non-hydrogen) atoms. The number of benzene rings is 2. The van der Waals surface area contributed by atoms with Crippen molar-refractivity contribution >= 4 is 37.5 Å². The van der Waals surface area contributed by atoms with Gasteiger partial charge in [-0.2, -0.15) is 4.31 Å². The van der Waals surface area contributed by atoms with Gasteiger partial charge in [0.2, 0.25) is 10.0 Å². The molecule has 0 aliphatic heterocycles. The normalized spacial score (nSPS) is 11.6. The zero-order valence-electron chi connectivity index (χ0n) is 14.7. The number of nitrogens with zero attached hydrogens (tertiary/aromatic N) is 1. The molecule has 2 rings (SSSR count). The molecule has 0 radical (unpaired) electrons. The smallest absolute Gasteiger partial charge is 0.256 e. The largest absolute Gasteiger partial charge is 0.319 e. The Bertz CT molecular complexity index is 928. The second-order valence-corrected chi connectivity index (χ2v) is 8.46. The number of rotatable bonds is 6. The zero-order valence-corrected chi connectivity index (χ0v) is 17.1. The van der Waals surface area contributed by atoms with Gasteiger partial charge in [-0.05, 0) is 58.7 Å². The summed E-state index contributed by atoms with van der Waals surface area (Å²) in [5.41, 5.74) is 0.941. The van der Waals surface area contributed by atoms with Crippen molar-refractivity contribution in [3.63, 3.8) is 0 Å². The fourth-order valence-electron chi connectivity index (χ4n) is 2.48. The van der Waals surface area contributed by atoms with E-state index in [1.165, 1.54) is 34.6 Å². The number of sulfonamides is 1. The van der Waals surface area contributed by atoms with Gasteiger partial charge in [0.05, 0.1) is 16.1 Å². The summed E-state index contributed by atoms with van der Waals surface area (Å²) in [5.74, 6) is -1.16. The van der Waals surface area contributed by atoms with Crippen LogP contribution < -0.4 is 5.32 Å². The molecule has 1 amide bonds. The summed E-state index contributed by atoms with van der Waals surface area (Å²) < 4.78 is 40.9. The van der Waals surface area contributed by atoms with Crippen molar-refractivity contribution < 1.29 is 17.6 Å². The molecule has 0 spiro atoms. The molecular weight excluding hydrogens is 423 g/mol. The third-order valence-electron chi connectivity index (χ3n) is 3.90. The molecule has 0 unspecified atom stereocenters. The maximum Gasteiger partial charge on any atom is 0.256 e. The first-order chi connectivity index (χ1) is 12.2. The first kappa shape index (κ1) is 20.5. The first-order valence-corrected chi connectivity index (χ1v) is 10.3. The van der Waals surface area contributed by atoms with Crippen LogP contribution in [0.3, 0.4) is 0 Å². The van der Waals surface area contributed by atoms with Gasteiger partial charge in [0.25, 0.3) is 5.91 Å². The Labute approximate surface area is 161 Å². The van der Waals surface area contributed by atoms with Crippen molar-refractivity contribution in [3.05, 3.63) is 57.8 Å². The number of nitrogens with one attached hydrogen (secondary N) is 1. The van der Waals surface area contributed by atoms with Crippen LogP contribution in [0.2, 0.25) is 0 Å². The average molecular weight is 443 g/mol. The predicted molar refractivity (Wildman–Crippen MR) is 103 cm³/mol. The molecule has 5 nitrogen and oxygen atoms in total. The van der Waals surface area contributed by atoms with E-state index in [9.17, 15) is 17.6 Å². The van der Waals surface area contributed by atoms with Crippen LogP contribution in [0.4, 0.5) is 10.1 Å². The van der Waals surface area contributed by atoms with Gasteiger partial charge in [0, 0.05) is 17.6 Å². The maximum absolute atomic E-state index is 13.9. The van der Waals surface area contributed by atoms with Crippen LogP contribution >= 0.6 is 15.9 Å². The number of hydrogen-bond acceptors (Lipinski definition) is 3. The molecule has 0 aliphatic carbocycles. The van der Waals surface area contributed by atoms with Gasteiger partial charge in [0.15, 0.2) is 0 Å². The highest BCUT2D eigenvalue weighted by Crippen LogP contribution is 2.25. The Hall–Kier alpha value is -1.77. The lowest BCUT2D eigenvalue weighted by atomic mass is 10.2. The number of halogens is 2. The van der Waals surface area contributed by atoms with E-state index < -0.39 is 21.7 Å². The van der Waals surface area contributed by atoms with E-state index in [1.807, 2.05) is 0 Å². The number of aryl methyl sites for hydroxylation is 1. The van der Waals surface area contributed by atoms with E-state index in [0.29, 0.717) is 17.6 Å². The summed E-state index contributed by atoms with van der Waals surface area (Å²) in [7, 11) is -3.70. The molecule has 140 valence electrons. The third kappa shape index (κ3) is 4.31. The van der Waals surface area contributed by atoms with E-state index in [2.05, 4.69) is 21.2 Å². The van der Waals surface area contributed by atoms with Crippen molar-refractivity contribution in [3.8, 4) is 0 Å². The molecule has 0 fully saturated rings. The second-order valence-electron chi connectivity index (χ2n) is 5.67. The molecule has 0 saturated carbocycles. The summed E-state index contributed by atoms with van der Waals surface area (Å²) in [6.07, 6.45) is 0. The molecule has 0 aliphatic rings. The van der Waals surface area contributed by atoms with E-state index >= 15 is 0 Å². The summed E-state index contributed by atoms with van der Waals surface area (Å²) in [5, 5.41) is 2.49. The minimum Gasteiger partial charge on any atom is -0.319 e. The van der Waals surface area contributed by atoms with Gasteiger partial charge in [-0.25, -0.2) is 12.8 Å². The second kappa shape index (κ2) is 8.28. The number of carbonyl (C=O) groups excluding carboxylic acids is 1. The Morgan fingerprint density at radius 1 is 1.15 bits per heavy atom. The fourth-order valence-corrected chi connectivity index (χ4v) is 4.39. The lowest BCUT2D eigenvalue weighted by molar-refractivity contribution is 0.102. The van der Waals surface area contributed by atoms with Crippen LogP contribution in [0.1, 0.15) is 29.8 Å². The molecule has 8 heteroatoms. The lowest BCUT2D eigenvalue weighted by Crippen LogP contribution is -2.30. The van der Waals surface area contributed by atoms with Crippen molar-refractivity contribution in [2.24, 2.45) is 0 Å². The Morgan fingerprint density at radius 3 is 2.42 bits per heavy atom. The average Bonchev–Trinajstić information content (AvgIpc) is 2.59. The van der Waals surface area contributed by atoms with Crippen molar-refractivity contribution in [2.45, 2.75) is 25.7 Å². The third-order valence-corrected chi connectivity index (χ3v) is 6.63. The van der Waals surface area contributed by atoms with Crippen molar-refractivity contribution in [2.75, 3.05) is 18.4 Å². The summed E-state index contributed by atoms with van der Waals surface area (Å²) >= 11 is 3.25. The molecule has 2 aromatic rings. The monoisotopic (exact) mass is 442 g/mol. The number of carbonyl (C=O) groups is 1. The highest BCUT2D eigenvalue weighted by molar-refractivity contribution is 9.10. The van der Waals surface area contributed by atoms with Crippen LogP contribution in [-0.2, 0) is 10.0 Å². The van der Waals surface area contributed by atoms with Gasteiger partial charge in [-0.3, -0.25) is 4.79 Å². The van der Waals surface area contributed by atoms with Gasteiger partial charge in [-0.1, -0.05) is 19.9 Å². The van der Waals surface area contributed by atoms with Crippen LogP contribution in [-0.4, -0.2) is 31.7 Å². The Kier molecular flexibility index (Phi) is 6.54. The maximum atomic E-state index is 13.9. The summed E-state index contributed by atoms with van der Waals surface area (Å²) in [6.45, 7) is 5.92. The van der Waals surface area contributed by atoms with Crippen LogP contribution in [0.25, 0.3) is 0 Å². The standard InChI is InChI=1S/C18H20BrFN2O3S/c1-4-22(5-2)26(24,25)13-7-8-15(19)14(11-13)18(23)21-17-10-12(3)6-9-16(17)20/h6-11H,4-5H2,1-3H3,(H,21,23). The van der Waals surface area contributed by atoms with Crippen molar-refractivity contribution in [1.82, 2.24) is 4.31 Å². The lowest BCUT2D eigenvalue weighted by Gasteiger charge is -2.19. The van der Waals surface area contributed by atoms with Crippen LogP contribution in [0.15, 0.2) is 45.8 Å². The molecule has 2 aromatic carbocycles. The van der Waals surface area contributed by atoms with E-state index in [-0.39, 0.29) is 16.1 Å². The van der Waals surface area contributed by atoms with Gasteiger partial charge < -0.3 is 5.32 Å². The first-order valence-electron chi connectivity index (χ1n) is 8.07. The van der Waals surface area contributed by atoms with E-state index in [4.69, 9.17) is 0 Å². The van der Waals surface area contributed by atoms with Gasteiger partial charge in [-0.15, -0.1) is 0 Å². The number of anilines is 1. The summed E-state index contributed by atoms with van der Waals surface area (Å²) in [4.78, 5) is 12.6. The molecule has 0 heterocycles. The molecular formula is C18H20BrFN2O3S. The number of hydrogen-bond donors (Lipinski definition) is 1. The molecule has 1 N–H and O–H groups in total. The van der Waals surface area contributed by atoms with Gasteiger partial charge >= 0.3 is 0 Å². The fraction of sp³-hybridized carbons (Fsp3) is 0.278. The minimum atomic E-state index is -3.70. The number of amides is 1. The van der Waals surface area contributed by atoms with Crippen LogP contribution in [0.5, 0.6) is 0 Å². The Balaban J connectivity index is 2.41. The molecule has 0 saturated heterocycles. The molecule has 0 atom stereocenters. The van der Waals surface area contributed by atoms with E-state index in [1.54, 1.807) is 26.8 Å². The Morgan fingerprint density at radius 2 is 1.81 bits per heavy atom. The molecule has 0 aromatic heterocycles. The quantitative estimate of drug-likeness (QED) is 0.729.